The number of rotatable bonds is 4. The van der Waals surface area contributed by atoms with Gasteiger partial charge in [0.05, 0.1) is 17.6 Å². The summed E-state index contributed by atoms with van der Waals surface area (Å²) in [7, 11) is 0. The first-order chi connectivity index (χ1) is 14.4. The SMILES string of the molecule is O=c1c(-c2ccc(F)cc2)coc2cc(O[C@H]3O[C@@H](CO)[C@@H](O)[C@@H](O)[C@H]3O)ccc12. The van der Waals surface area contributed by atoms with Crippen LogP contribution in [0.3, 0.4) is 0 Å². The van der Waals surface area contributed by atoms with Gasteiger partial charge in [0, 0.05) is 6.07 Å². The molecule has 3 aromatic rings. The van der Waals surface area contributed by atoms with E-state index in [-0.39, 0.29) is 27.7 Å². The van der Waals surface area contributed by atoms with Crippen molar-refractivity contribution >= 4 is 11.0 Å². The molecule has 0 amide bonds. The van der Waals surface area contributed by atoms with Gasteiger partial charge in [0.25, 0.3) is 0 Å². The summed E-state index contributed by atoms with van der Waals surface area (Å²) in [5.41, 5.74) is 0.661. The van der Waals surface area contributed by atoms with Gasteiger partial charge in [-0.05, 0) is 29.8 Å². The van der Waals surface area contributed by atoms with Crippen molar-refractivity contribution in [3.8, 4) is 16.9 Å². The van der Waals surface area contributed by atoms with Gasteiger partial charge in [0.15, 0.2) is 5.43 Å². The van der Waals surface area contributed by atoms with Gasteiger partial charge in [-0.1, -0.05) is 12.1 Å². The Balaban J connectivity index is 1.62. The molecule has 4 rings (SSSR count). The van der Waals surface area contributed by atoms with Crippen LogP contribution < -0.4 is 10.2 Å². The maximum atomic E-state index is 13.1. The topological polar surface area (TPSA) is 130 Å². The highest BCUT2D eigenvalue weighted by Crippen LogP contribution is 2.27. The molecule has 158 valence electrons. The van der Waals surface area contributed by atoms with Crippen molar-refractivity contribution in [2.24, 2.45) is 0 Å². The highest BCUT2D eigenvalue weighted by molar-refractivity contribution is 5.82. The Hall–Kier alpha value is -2.82. The zero-order chi connectivity index (χ0) is 21.4. The van der Waals surface area contributed by atoms with Crippen LogP contribution in [0.15, 0.2) is 57.9 Å². The van der Waals surface area contributed by atoms with Gasteiger partial charge in [-0.15, -0.1) is 0 Å². The van der Waals surface area contributed by atoms with Crippen LogP contribution >= 0.6 is 0 Å². The van der Waals surface area contributed by atoms with E-state index in [1.807, 2.05) is 0 Å². The molecule has 0 saturated carbocycles. The number of aliphatic hydroxyl groups excluding tert-OH is 4. The van der Waals surface area contributed by atoms with E-state index in [1.54, 1.807) is 0 Å². The fourth-order valence-electron chi connectivity index (χ4n) is 3.31. The summed E-state index contributed by atoms with van der Waals surface area (Å²) in [6.45, 7) is -0.580. The summed E-state index contributed by atoms with van der Waals surface area (Å²) in [6.07, 6.45) is -5.84. The molecule has 1 fully saturated rings. The molecule has 1 saturated heterocycles. The van der Waals surface area contributed by atoms with Crippen LogP contribution in [0.25, 0.3) is 22.1 Å². The summed E-state index contributed by atoms with van der Waals surface area (Å²) < 4.78 is 29.5. The molecule has 5 atom stereocenters. The van der Waals surface area contributed by atoms with Gasteiger partial charge < -0.3 is 34.3 Å². The number of benzene rings is 2. The number of aliphatic hydroxyl groups is 4. The first-order valence-corrected chi connectivity index (χ1v) is 9.17. The zero-order valence-electron chi connectivity index (χ0n) is 15.5. The Bertz CT molecular complexity index is 1090. The molecule has 8 nitrogen and oxygen atoms in total. The molecule has 0 radical (unpaired) electrons. The van der Waals surface area contributed by atoms with Crippen molar-refractivity contribution in [2.45, 2.75) is 30.7 Å². The van der Waals surface area contributed by atoms with Crippen LogP contribution in [0.4, 0.5) is 4.39 Å². The predicted octanol–water partition coefficient (Wildman–Crippen LogP) is 0.778. The first kappa shape index (κ1) is 20.5. The van der Waals surface area contributed by atoms with Gasteiger partial charge in [-0.2, -0.15) is 0 Å². The molecule has 30 heavy (non-hydrogen) atoms. The molecule has 0 bridgehead atoms. The Kier molecular flexibility index (Phi) is 5.54. The van der Waals surface area contributed by atoms with Crippen LogP contribution in [0, 0.1) is 5.82 Å². The molecule has 4 N–H and O–H groups in total. The number of halogens is 1. The maximum absolute atomic E-state index is 13.1. The van der Waals surface area contributed by atoms with Crippen molar-refractivity contribution < 1.29 is 38.7 Å². The molecule has 1 aliphatic rings. The van der Waals surface area contributed by atoms with Crippen LogP contribution in [-0.2, 0) is 4.74 Å². The molecule has 9 heteroatoms. The lowest BCUT2D eigenvalue weighted by Gasteiger charge is -2.39. The summed E-state index contributed by atoms with van der Waals surface area (Å²) in [4.78, 5) is 12.8. The minimum atomic E-state index is -1.57. The van der Waals surface area contributed by atoms with E-state index in [4.69, 9.17) is 13.9 Å². The number of hydrogen-bond donors (Lipinski definition) is 4. The summed E-state index contributed by atoms with van der Waals surface area (Å²) in [5, 5.41) is 39.3. The lowest BCUT2D eigenvalue weighted by atomic mass is 9.99. The number of ether oxygens (including phenoxy) is 2. The van der Waals surface area contributed by atoms with Gasteiger partial charge >= 0.3 is 0 Å². The standard InChI is InChI=1S/C21H19FO8/c22-11-3-1-10(2-4-11)14-9-28-15-7-12(5-6-13(15)17(14)24)29-21-20(27)19(26)18(25)16(8-23)30-21/h1-7,9,16,18-21,23,25-27H,8H2/t16-,18+,19+,20+,21-/m0/s1. The van der Waals surface area contributed by atoms with E-state index in [2.05, 4.69) is 0 Å². The molecule has 2 heterocycles. The fraction of sp³-hybridized carbons (Fsp3) is 0.286. The van der Waals surface area contributed by atoms with Crippen molar-refractivity contribution in [1.29, 1.82) is 0 Å². The average molecular weight is 418 g/mol. The lowest BCUT2D eigenvalue weighted by Crippen LogP contribution is -2.60. The molecule has 1 aliphatic heterocycles. The van der Waals surface area contributed by atoms with Crippen molar-refractivity contribution in [3.63, 3.8) is 0 Å². The molecular formula is C21H19FO8. The fourth-order valence-corrected chi connectivity index (χ4v) is 3.31. The largest absolute Gasteiger partial charge is 0.463 e. The van der Waals surface area contributed by atoms with Crippen LogP contribution in [0.2, 0.25) is 0 Å². The first-order valence-electron chi connectivity index (χ1n) is 9.17. The normalized spacial score (nSPS) is 26.6. The van der Waals surface area contributed by atoms with Crippen LogP contribution in [0.1, 0.15) is 0 Å². The zero-order valence-corrected chi connectivity index (χ0v) is 15.5. The lowest BCUT2D eigenvalue weighted by molar-refractivity contribution is -0.277. The molecule has 0 unspecified atom stereocenters. The summed E-state index contributed by atoms with van der Waals surface area (Å²) in [6, 6.07) is 9.77. The van der Waals surface area contributed by atoms with Gasteiger partial charge in [0.2, 0.25) is 6.29 Å². The molecular weight excluding hydrogens is 399 g/mol. The minimum absolute atomic E-state index is 0.171. The summed E-state index contributed by atoms with van der Waals surface area (Å²) in [5.74, 6) is -0.247. The minimum Gasteiger partial charge on any atom is -0.463 e. The Morgan fingerprint density at radius 2 is 1.73 bits per heavy atom. The Morgan fingerprint density at radius 1 is 1.00 bits per heavy atom. The van der Waals surface area contributed by atoms with E-state index < -0.39 is 43.1 Å². The second-order valence-electron chi connectivity index (χ2n) is 6.96. The van der Waals surface area contributed by atoms with E-state index in [9.17, 15) is 29.6 Å². The smallest absolute Gasteiger partial charge is 0.229 e. The van der Waals surface area contributed by atoms with Crippen LogP contribution in [-0.4, -0.2) is 57.7 Å². The van der Waals surface area contributed by atoms with E-state index in [0.717, 1.165) is 0 Å². The third-order valence-corrected chi connectivity index (χ3v) is 5.00. The van der Waals surface area contributed by atoms with E-state index in [0.29, 0.717) is 5.56 Å². The van der Waals surface area contributed by atoms with Crippen molar-refractivity contribution in [1.82, 2.24) is 0 Å². The second kappa shape index (κ2) is 8.13. The van der Waals surface area contributed by atoms with Gasteiger partial charge in [-0.3, -0.25) is 4.79 Å². The molecule has 0 spiro atoms. The average Bonchev–Trinajstić information content (AvgIpc) is 2.75. The van der Waals surface area contributed by atoms with E-state index in [1.165, 1.54) is 48.7 Å². The maximum Gasteiger partial charge on any atom is 0.229 e. The quantitative estimate of drug-likeness (QED) is 0.489. The van der Waals surface area contributed by atoms with E-state index >= 15 is 0 Å². The molecule has 1 aromatic heterocycles. The number of fused-ring (bicyclic) bond motifs is 1. The highest BCUT2D eigenvalue weighted by Gasteiger charge is 2.44. The molecule has 0 aliphatic carbocycles. The monoisotopic (exact) mass is 418 g/mol. The van der Waals surface area contributed by atoms with Crippen molar-refractivity contribution in [2.75, 3.05) is 6.61 Å². The Labute approximate surface area is 169 Å². The third kappa shape index (κ3) is 3.69. The second-order valence-corrected chi connectivity index (χ2v) is 6.96. The highest BCUT2D eigenvalue weighted by atomic mass is 19.1. The Morgan fingerprint density at radius 3 is 2.43 bits per heavy atom. The molecule has 2 aromatic carbocycles. The van der Waals surface area contributed by atoms with Gasteiger partial charge in [0.1, 0.15) is 47.8 Å². The van der Waals surface area contributed by atoms with Gasteiger partial charge in [-0.25, -0.2) is 4.39 Å². The van der Waals surface area contributed by atoms with Crippen LogP contribution in [0.5, 0.6) is 5.75 Å². The number of hydrogen-bond acceptors (Lipinski definition) is 8. The summed E-state index contributed by atoms with van der Waals surface area (Å²) >= 11 is 0. The van der Waals surface area contributed by atoms with Crippen molar-refractivity contribution in [3.05, 3.63) is 64.8 Å². The third-order valence-electron chi connectivity index (χ3n) is 5.00. The predicted molar refractivity (Wildman–Crippen MR) is 102 cm³/mol.